The van der Waals surface area contributed by atoms with Crippen LogP contribution in [0.5, 0.6) is 0 Å². The maximum absolute atomic E-state index is 11.1. The van der Waals surface area contributed by atoms with Crippen LogP contribution in [0.3, 0.4) is 0 Å². The second-order valence-electron chi connectivity index (χ2n) is 5.18. The molecule has 0 aromatic heterocycles. The van der Waals surface area contributed by atoms with Crippen molar-refractivity contribution in [3.63, 3.8) is 0 Å². The minimum atomic E-state index is -1.83. The molecule has 8 heteroatoms. The van der Waals surface area contributed by atoms with Crippen molar-refractivity contribution < 1.29 is 34.8 Å². The maximum atomic E-state index is 11.1. The fourth-order valence-corrected chi connectivity index (χ4v) is 1.20. The predicted molar refractivity (Wildman–Crippen MR) is 90.8 cm³/mol. The molecule has 0 spiro atoms. The Morgan fingerprint density at radius 1 is 0.875 bits per heavy atom. The highest BCUT2D eigenvalue weighted by atomic mass is 16.6. The highest BCUT2D eigenvalue weighted by molar-refractivity contribution is 6.34. The summed E-state index contributed by atoms with van der Waals surface area (Å²) in [5.74, 6) is 0.599. The summed E-state index contributed by atoms with van der Waals surface area (Å²) in [4.78, 5) is 28.2. The SMILES string of the molecule is CC(C)C.Cc1cc(C)cc(C(=O)C=N)c1.O=C(O)O.O=C(O)O. The average molecular weight is 343 g/mol. The van der Waals surface area contributed by atoms with Crippen molar-refractivity contribution in [1.29, 1.82) is 5.41 Å². The summed E-state index contributed by atoms with van der Waals surface area (Å²) in [6.07, 6.45) is -2.83. The van der Waals surface area contributed by atoms with Gasteiger partial charge in [0.15, 0.2) is 0 Å². The molecular weight excluding hydrogens is 318 g/mol. The van der Waals surface area contributed by atoms with E-state index in [1.165, 1.54) is 0 Å². The van der Waals surface area contributed by atoms with Crippen LogP contribution in [-0.2, 0) is 0 Å². The van der Waals surface area contributed by atoms with Crippen molar-refractivity contribution in [2.45, 2.75) is 34.6 Å². The molecule has 0 heterocycles. The van der Waals surface area contributed by atoms with E-state index in [9.17, 15) is 4.79 Å². The third-order valence-corrected chi connectivity index (χ3v) is 1.64. The predicted octanol–water partition coefficient (Wildman–Crippen LogP) is 4.24. The van der Waals surface area contributed by atoms with Gasteiger partial charge in [-0.3, -0.25) is 4.79 Å². The van der Waals surface area contributed by atoms with E-state index in [1.807, 2.05) is 19.9 Å². The van der Waals surface area contributed by atoms with Crippen molar-refractivity contribution in [3.05, 3.63) is 34.9 Å². The number of nitrogens with one attached hydrogen (secondary N) is 1. The van der Waals surface area contributed by atoms with Gasteiger partial charge in [-0.1, -0.05) is 38.0 Å². The van der Waals surface area contributed by atoms with Gasteiger partial charge in [0.1, 0.15) is 0 Å². The first-order chi connectivity index (χ1) is 10.8. The zero-order chi connectivity index (χ0) is 19.9. The van der Waals surface area contributed by atoms with Crippen LogP contribution < -0.4 is 0 Å². The molecule has 0 radical (unpaired) electrons. The average Bonchev–Trinajstić information content (AvgIpc) is 2.34. The summed E-state index contributed by atoms with van der Waals surface area (Å²) in [6, 6.07) is 5.58. The molecule has 24 heavy (non-hydrogen) atoms. The van der Waals surface area contributed by atoms with E-state index >= 15 is 0 Å². The molecule has 0 unspecified atom stereocenters. The van der Waals surface area contributed by atoms with Gasteiger partial charge in [-0.05, 0) is 31.9 Å². The minimum absolute atomic E-state index is 0.234. The zero-order valence-electron chi connectivity index (χ0n) is 14.4. The fourth-order valence-electron chi connectivity index (χ4n) is 1.20. The molecule has 0 aliphatic carbocycles. The Hall–Kier alpha value is -2.90. The number of carbonyl (C=O) groups is 3. The van der Waals surface area contributed by atoms with Crippen molar-refractivity contribution in [2.24, 2.45) is 5.92 Å². The molecular formula is C16H25NO7. The van der Waals surface area contributed by atoms with E-state index in [-0.39, 0.29) is 5.78 Å². The van der Waals surface area contributed by atoms with Gasteiger partial charge in [-0.25, -0.2) is 9.59 Å². The van der Waals surface area contributed by atoms with E-state index in [0.717, 1.165) is 23.3 Å². The Bertz CT molecular complexity index is 496. The molecule has 0 aliphatic heterocycles. The van der Waals surface area contributed by atoms with E-state index in [0.29, 0.717) is 5.56 Å². The van der Waals surface area contributed by atoms with E-state index < -0.39 is 12.3 Å². The van der Waals surface area contributed by atoms with Crippen LogP contribution in [-0.4, -0.2) is 44.7 Å². The third kappa shape index (κ3) is 27.4. The Balaban J connectivity index is -0.000000304. The Morgan fingerprint density at radius 2 is 1.12 bits per heavy atom. The second kappa shape index (κ2) is 15.0. The first-order valence-corrected chi connectivity index (χ1v) is 6.80. The molecule has 0 amide bonds. The van der Waals surface area contributed by atoms with Gasteiger partial charge in [0, 0.05) is 5.56 Å². The van der Waals surface area contributed by atoms with Crippen LogP contribution in [0.2, 0.25) is 0 Å². The van der Waals surface area contributed by atoms with Crippen LogP contribution in [0.25, 0.3) is 0 Å². The molecule has 0 saturated heterocycles. The molecule has 1 aromatic carbocycles. The van der Waals surface area contributed by atoms with E-state index in [1.54, 1.807) is 12.1 Å². The maximum Gasteiger partial charge on any atom is 0.503 e. The summed E-state index contributed by atoms with van der Waals surface area (Å²) in [5.41, 5.74) is 2.71. The number of hydrogen-bond acceptors (Lipinski definition) is 4. The Morgan fingerprint density at radius 3 is 1.33 bits per heavy atom. The number of ketones is 1. The van der Waals surface area contributed by atoms with Gasteiger partial charge in [-0.15, -0.1) is 0 Å². The van der Waals surface area contributed by atoms with Gasteiger partial charge < -0.3 is 25.8 Å². The smallest absolute Gasteiger partial charge is 0.450 e. The topological polar surface area (TPSA) is 156 Å². The normalized spacial score (nSPS) is 8.25. The standard InChI is InChI=1S/C10H11NO.C4H10.2CH2O3/c1-7-3-8(2)5-9(4-7)10(12)6-11;1-4(2)3;2*2-1(3)4/h3-6,11H,1-2H3;4H,1-3H3;2*(H2,2,3,4). The number of rotatable bonds is 2. The highest BCUT2D eigenvalue weighted by Crippen LogP contribution is 2.08. The van der Waals surface area contributed by atoms with Crippen LogP contribution in [0.15, 0.2) is 18.2 Å². The molecule has 1 rings (SSSR count). The lowest BCUT2D eigenvalue weighted by Crippen LogP contribution is -1.99. The summed E-state index contributed by atoms with van der Waals surface area (Å²) in [5, 5.41) is 34.7. The number of benzene rings is 1. The van der Waals surface area contributed by atoms with Crippen molar-refractivity contribution in [3.8, 4) is 0 Å². The fraction of sp³-hybridized carbons (Fsp3) is 0.375. The largest absolute Gasteiger partial charge is 0.503 e. The van der Waals surface area contributed by atoms with Gasteiger partial charge in [0.25, 0.3) is 0 Å². The van der Waals surface area contributed by atoms with E-state index in [2.05, 4.69) is 20.8 Å². The van der Waals surface area contributed by atoms with Gasteiger partial charge in [0.2, 0.25) is 5.78 Å². The van der Waals surface area contributed by atoms with Crippen molar-refractivity contribution in [1.82, 2.24) is 0 Å². The minimum Gasteiger partial charge on any atom is -0.450 e. The first kappa shape index (κ1) is 26.0. The first-order valence-electron chi connectivity index (χ1n) is 6.80. The summed E-state index contributed by atoms with van der Waals surface area (Å²) < 4.78 is 0. The molecule has 1 aromatic rings. The lowest BCUT2D eigenvalue weighted by molar-refractivity contribution is 0.106. The third-order valence-electron chi connectivity index (χ3n) is 1.64. The molecule has 0 fully saturated rings. The summed E-state index contributed by atoms with van der Waals surface area (Å²) in [6.45, 7) is 10.4. The molecule has 0 aliphatic rings. The number of hydrogen-bond donors (Lipinski definition) is 5. The number of aryl methyl sites for hydroxylation is 2. The quantitative estimate of drug-likeness (QED) is 0.397. The molecule has 0 saturated carbocycles. The summed E-state index contributed by atoms with van der Waals surface area (Å²) in [7, 11) is 0. The van der Waals surface area contributed by atoms with Crippen LogP contribution in [0.4, 0.5) is 9.59 Å². The summed E-state index contributed by atoms with van der Waals surface area (Å²) >= 11 is 0. The van der Waals surface area contributed by atoms with Crippen molar-refractivity contribution in [2.75, 3.05) is 0 Å². The number of Topliss-reactive ketones (excluding diaryl/α,β-unsaturated/α-hetero) is 1. The van der Waals surface area contributed by atoms with Crippen LogP contribution >= 0.6 is 0 Å². The van der Waals surface area contributed by atoms with Gasteiger partial charge in [-0.2, -0.15) is 0 Å². The monoisotopic (exact) mass is 343 g/mol. The van der Waals surface area contributed by atoms with Crippen LogP contribution in [0.1, 0.15) is 42.3 Å². The van der Waals surface area contributed by atoms with Gasteiger partial charge >= 0.3 is 12.3 Å². The number of carbonyl (C=O) groups excluding carboxylic acids is 1. The Kier molecular flexibility index (Phi) is 16.3. The Labute approximate surface area is 140 Å². The zero-order valence-corrected chi connectivity index (χ0v) is 14.4. The number of carboxylic acid groups (broad SMARTS) is 4. The molecule has 136 valence electrons. The molecule has 0 atom stereocenters. The lowest BCUT2D eigenvalue weighted by Gasteiger charge is -1.99. The molecule has 0 bridgehead atoms. The van der Waals surface area contributed by atoms with Crippen molar-refractivity contribution >= 4 is 24.3 Å². The molecule has 8 nitrogen and oxygen atoms in total. The second-order valence-corrected chi connectivity index (χ2v) is 5.18. The van der Waals surface area contributed by atoms with E-state index in [4.69, 9.17) is 35.4 Å². The van der Waals surface area contributed by atoms with Gasteiger partial charge in [0.05, 0.1) is 6.21 Å². The molecule has 5 N–H and O–H groups in total. The lowest BCUT2D eigenvalue weighted by atomic mass is 10.1. The highest BCUT2D eigenvalue weighted by Gasteiger charge is 2.02. The van der Waals surface area contributed by atoms with Crippen LogP contribution in [0, 0.1) is 25.2 Å².